The molecule has 0 saturated heterocycles. The van der Waals surface area contributed by atoms with Gasteiger partial charge in [-0.15, -0.1) is 0 Å². The zero-order valence-electron chi connectivity index (χ0n) is 7.53. The first-order valence-corrected chi connectivity index (χ1v) is 7.03. The van der Waals surface area contributed by atoms with Crippen LogP contribution in [0.2, 0.25) is 0 Å². The zero-order chi connectivity index (χ0) is 9.68. The van der Waals surface area contributed by atoms with Crippen LogP contribution in [0, 0.1) is 0 Å². The van der Waals surface area contributed by atoms with Gasteiger partial charge in [-0.2, -0.15) is 0 Å². The van der Waals surface area contributed by atoms with Gasteiger partial charge in [-0.05, 0) is 0 Å². The first-order valence-electron chi connectivity index (χ1n) is 4.18. The van der Waals surface area contributed by atoms with E-state index < -0.39 is 12.0 Å². The third kappa shape index (κ3) is 3.36. The van der Waals surface area contributed by atoms with Crippen LogP contribution in [0.1, 0.15) is 5.56 Å². The molecule has 0 spiro atoms. The fourth-order valence-electron chi connectivity index (χ4n) is 1.16. The predicted octanol–water partition coefficient (Wildman–Crippen LogP) is -0.448. The van der Waals surface area contributed by atoms with Crippen molar-refractivity contribution in [1.29, 1.82) is 0 Å². The van der Waals surface area contributed by atoms with Crippen LogP contribution in [0.15, 0.2) is 30.3 Å². The molecule has 1 aromatic carbocycles. The van der Waals surface area contributed by atoms with E-state index in [0.717, 1.165) is 5.56 Å². The molecule has 3 nitrogen and oxygen atoms in total. The summed E-state index contributed by atoms with van der Waals surface area (Å²) in [5.41, 5.74) is 1.07. The SMILES string of the molecule is O=C(O)[C@H](Cc1ccccc1)[NH][SnH3]. The van der Waals surface area contributed by atoms with Crippen molar-refractivity contribution in [3.05, 3.63) is 35.9 Å². The minimum absolute atomic E-state index is 0.211. The van der Waals surface area contributed by atoms with Gasteiger partial charge in [0, 0.05) is 0 Å². The van der Waals surface area contributed by atoms with E-state index in [4.69, 9.17) is 5.11 Å². The topological polar surface area (TPSA) is 49.3 Å². The Labute approximate surface area is 90.6 Å². The number of carboxylic acids is 1. The number of hydrogen-bond donors (Lipinski definition) is 2. The van der Waals surface area contributed by atoms with Crippen molar-refractivity contribution in [2.75, 3.05) is 0 Å². The number of benzene rings is 1. The van der Waals surface area contributed by atoms with Crippen molar-refractivity contribution in [3.63, 3.8) is 0 Å². The van der Waals surface area contributed by atoms with Gasteiger partial charge in [-0.3, -0.25) is 0 Å². The Kier molecular flexibility index (Phi) is 4.24. The summed E-state index contributed by atoms with van der Waals surface area (Å²) >= 11 is 0.211. The molecule has 0 saturated carbocycles. The Morgan fingerprint density at radius 1 is 1.46 bits per heavy atom. The molecule has 0 aliphatic carbocycles. The molecule has 0 fully saturated rings. The van der Waals surface area contributed by atoms with E-state index in [2.05, 4.69) is 3.54 Å². The van der Waals surface area contributed by atoms with Crippen LogP contribution in [0.3, 0.4) is 0 Å². The Morgan fingerprint density at radius 2 is 2.08 bits per heavy atom. The van der Waals surface area contributed by atoms with Crippen molar-refractivity contribution in [3.8, 4) is 0 Å². The van der Waals surface area contributed by atoms with Crippen molar-refractivity contribution in [1.82, 2.24) is 3.54 Å². The number of aliphatic carboxylic acids is 1. The van der Waals surface area contributed by atoms with Crippen LogP contribution in [0.4, 0.5) is 0 Å². The van der Waals surface area contributed by atoms with Crippen LogP contribution in [-0.2, 0) is 11.2 Å². The van der Waals surface area contributed by atoms with Gasteiger partial charge in [-0.25, -0.2) is 0 Å². The van der Waals surface area contributed by atoms with Crippen LogP contribution < -0.4 is 3.54 Å². The number of nitrogens with one attached hydrogen (secondary N) is 1. The van der Waals surface area contributed by atoms with E-state index in [9.17, 15) is 4.79 Å². The normalized spacial score (nSPS) is 12.6. The standard InChI is InChI=1S/C9H10NO2.Sn.3H/c10-8(9(11)12)6-7-4-2-1-3-5-7;;;;/h1-5,8,10H,6H2,(H,11,12);;;;/q-1;+1;;;/t8-;;;;/m0..../s1. The Bertz CT molecular complexity index is 276. The van der Waals surface area contributed by atoms with Crippen LogP contribution in [0.5, 0.6) is 0 Å². The molecule has 0 heterocycles. The molecule has 1 aromatic rings. The van der Waals surface area contributed by atoms with Gasteiger partial charge < -0.3 is 0 Å². The molecule has 0 radical (unpaired) electrons. The van der Waals surface area contributed by atoms with Gasteiger partial charge in [0.1, 0.15) is 0 Å². The quantitative estimate of drug-likeness (QED) is 0.737. The molecule has 1 atom stereocenters. The number of carbonyl (C=O) groups is 1. The first kappa shape index (κ1) is 10.5. The van der Waals surface area contributed by atoms with Crippen molar-refractivity contribution >= 4 is 28.8 Å². The Balaban J connectivity index is 2.62. The molecule has 70 valence electrons. The molecular formula is C9H13NO2Sn. The molecule has 0 aromatic heterocycles. The predicted molar refractivity (Wildman–Crippen MR) is 54.6 cm³/mol. The molecule has 2 N–H and O–H groups in total. The summed E-state index contributed by atoms with van der Waals surface area (Å²) in [7, 11) is 0. The van der Waals surface area contributed by atoms with E-state index >= 15 is 0 Å². The zero-order valence-corrected chi connectivity index (χ0v) is 13.2. The van der Waals surface area contributed by atoms with E-state index in [-0.39, 0.29) is 22.8 Å². The second kappa shape index (κ2) is 5.24. The third-order valence-corrected chi connectivity index (χ3v) is 3.92. The van der Waals surface area contributed by atoms with Crippen LogP contribution in [0.25, 0.3) is 0 Å². The van der Waals surface area contributed by atoms with E-state index in [1.54, 1.807) is 0 Å². The Hall–Kier alpha value is -0.551. The van der Waals surface area contributed by atoms with Crippen molar-refractivity contribution < 1.29 is 9.90 Å². The van der Waals surface area contributed by atoms with E-state index in [1.807, 2.05) is 30.3 Å². The summed E-state index contributed by atoms with van der Waals surface area (Å²) in [5.74, 6) is -0.761. The fraction of sp³-hybridized carbons (Fsp3) is 0.222. The van der Waals surface area contributed by atoms with Crippen LogP contribution in [-0.4, -0.2) is 39.9 Å². The average Bonchev–Trinajstić information content (AvgIpc) is 2.15. The molecule has 0 aliphatic rings. The molecule has 4 heteroatoms. The maximum absolute atomic E-state index is 10.7. The summed E-state index contributed by atoms with van der Waals surface area (Å²) in [4.78, 5) is 10.7. The second-order valence-electron chi connectivity index (χ2n) is 2.87. The summed E-state index contributed by atoms with van der Waals surface area (Å²) in [6.07, 6.45) is 0.573. The third-order valence-electron chi connectivity index (χ3n) is 1.93. The molecule has 1 rings (SSSR count). The Morgan fingerprint density at radius 3 is 2.54 bits per heavy atom. The van der Waals surface area contributed by atoms with Crippen molar-refractivity contribution in [2.45, 2.75) is 12.5 Å². The summed E-state index contributed by atoms with van der Waals surface area (Å²) in [6, 6.07) is 9.27. The van der Waals surface area contributed by atoms with Crippen molar-refractivity contribution in [2.24, 2.45) is 0 Å². The van der Waals surface area contributed by atoms with E-state index in [0.29, 0.717) is 6.42 Å². The van der Waals surface area contributed by atoms with Gasteiger partial charge in [0.25, 0.3) is 0 Å². The first-order chi connectivity index (χ1) is 6.24. The van der Waals surface area contributed by atoms with Gasteiger partial charge in [0.05, 0.1) is 0 Å². The molecular weight excluding hydrogens is 273 g/mol. The number of carboxylic acid groups (broad SMARTS) is 1. The minimum atomic E-state index is -0.761. The van der Waals surface area contributed by atoms with Gasteiger partial charge in [0.15, 0.2) is 0 Å². The fourth-order valence-corrected chi connectivity index (χ4v) is 2.45. The molecule has 0 aliphatic heterocycles. The molecule has 13 heavy (non-hydrogen) atoms. The summed E-state index contributed by atoms with van der Waals surface area (Å²) in [6.45, 7) is 0. The van der Waals surface area contributed by atoms with Gasteiger partial charge >= 0.3 is 90.6 Å². The summed E-state index contributed by atoms with van der Waals surface area (Å²) in [5, 5.41) is 8.81. The van der Waals surface area contributed by atoms with Gasteiger partial charge in [0.2, 0.25) is 0 Å². The number of rotatable bonds is 4. The molecule has 0 amide bonds. The van der Waals surface area contributed by atoms with E-state index in [1.165, 1.54) is 0 Å². The number of hydrogen-bond acceptors (Lipinski definition) is 2. The molecule has 0 unspecified atom stereocenters. The monoisotopic (exact) mass is 287 g/mol. The molecule has 0 bridgehead atoms. The summed E-state index contributed by atoms with van der Waals surface area (Å²) < 4.78 is 2.96. The van der Waals surface area contributed by atoms with Gasteiger partial charge in [-0.1, -0.05) is 0 Å². The average molecular weight is 286 g/mol. The van der Waals surface area contributed by atoms with Crippen LogP contribution >= 0.6 is 0 Å². The maximum atomic E-state index is 10.7. The second-order valence-corrected chi connectivity index (χ2v) is 4.52.